The molecule has 0 amide bonds. The van der Waals surface area contributed by atoms with Gasteiger partial charge in [0.2, 0.25) is 0 Å². The van der Waals surface area contributed by atoms with E-state index in [0.717, 1.165) is 5.06 Å². The van der Waals surface area contributed by atoms with E-state index >= 15 is 0 Å². The van der Waals surface area contributed by atoms with Gasteiger partial charge in [0, 0.05) is 11.1 Å². The monoisotopic (exact) mass is 498 g/mol. The van der Waals surface area contributed by atoms with Crippen molar-refractivity contribution in [1.29, 1.82) is 0 Å². The SMILES string of the molecule is CCCC1N=C(c2ccc(OC)cc2OC(C)C)N(OC(=O)C(F)(F)F)C1c1ccc(Cl)cc1. The molecule has 0 bridgehead atoms. The Balaban J connectivity index is 2.15. The third-order valence-corrected chi connectivity index (χ3v) is 5.37. The molecule has 184 valence electrons. The van der Waals surface area contributed by atoms with Gasteiger partial charge in [0.1, 0.15) is 17.5 Å². The molecule has 0 N–H and O–H groups in total. The number of methoxy groups -OCH3 is 1. The molecule has 2 aromatic rings. The quantitative estimate of drug-likeness (QED) is 0.438. The lowest BCUT2D eigenvalue weighted by Crippen LogP contribution is -2.40. The predicted octanol–water partition coefficient (Wildman–Crippen LogP) is 6.13. The van der Waals surface area contributed by atoms with Crippen molar-refractivity contribution < 1.29 is 32.3 Å². The van der Waals surface area contributed by atoms with E-state index in [2.05, 4.69) is 0 Å². The summed E-state index contributed by atoms with van der Waals surface area (Å²) in [5.41, 5.74) is 0.985. The van der Waals surface area contributed by atoms with Crippen LogP contribution in [0.15, 0.2) is 47.5 Å². The van der Waals surface area contributed by atoms with Gasteiger partial charge >= 0.3 is 12.1 Å². The van der Waals surface area contributed by atoms with Gasteiger partial charge in [-0.25, -0.2) is 4.79 Å². The van der Waals surface area contributed by atoms with Crippen LogP contribution in [0.5, 0.6) is 11.5 Å². The third-order valence-electron chi connectivity index (χ3n) is 5.12. The lowest BCUT2D eigenvalue weighted by atomic mass is 9.97. The summed E-state index contributed by atoms with van der Waals surface area (Å²) in [5.74, 6) is -1.44. The maximum Gasteiger partial charge on any atom is 0.493 e. The molecule has 0 saturated carbocycles. The molecule has 1 aliphatic rings. The summed E-state index contributed by atoms with van der Waals surface area (Å²) in [7, 11) is 1.49. The normalized spacial score (nSPS) is 18.1. The Morgan fingerprint density at radius 2 is 1.85 bits per heavy atom. The molecule has 0 radical (unpaired) electrons. The number of aliphatic imine (C=N–C) groups is 1. The van der Waals surface area contributed by atoms with Crippen LogP contribution in [0, 0.1) is 0 Å². The zero-order valence-corrected chi connectivity index (χ0v) is 20.0. The number of nitrogens with zero attached hydrogens (tertiary/aromatic N) is 2. The first kappa shape index (κ1) is 25.7. The molecule has 0 spiro atoms. The number of rotatable bonds is 8. The second kappa shape index (κ2) is 10.5. The first-order valence-electron chi connectivity index (χ1n) is 10.8. The average molecular weight is 499 g/mol. The summed E-state index contributed by atoms with van der Waals surface area (Å²) in [6.45, 7) is 5.58. The largest absolute Gasteiger partial charge is 0.497 e. The van der Waals surface area contributed by atoms with Gasteiger partial charge in [-0.15, -0.1) is 0 Å². The van der Waals surface area contributed by atoms with Crippen molar-refractivity contribution in [3.05, 3.63) is 58.6 Å². The second-order valence-electron chi connectivity index (χ2n) is 8.04. The Morgan fingerprint density at radius 3 is 2.41 bits per heavy atom. The summed E-state index contributed by atoms with van der Waals surface area (Å²) in [4.78, 5) is 21.6. The van der Waals surface area contributed by atoms with Gasteiger partial charge in [0.05, 0.1) is 24.8 Å². The number of hydroxylamine groups is 2. The number of amidine groups is 1. The van der Waals surface area contributed by atoms with E-state index in [1.165, 1.54) is 7.11 Å². The van der Waals surface area contributed by atoms with Crippen molar-refractivity contribution in [3.8, 4) is 11.5 Å². The smallest absolute Gasteiger partial charge is 0.493 e. The van der Waals surface area contributed by atoms with Crippen molar-refractivity contribution in [2.45, 2.75) is 58.0 Å². The Labute approximate surface area is 201 Å². The highest BCUT2D eigenvalue weighted by Crippen LogP contribution is 2.40. The van der Waals surface area contributed by atoms with E-state index in [1.807, 2.05) is 20.8 Å². The standard InChI is InChI=1S/C24H26ClF3N2O4/c1-5-6-19-21(15-7-9-16(25)10-8-15)30(34-23(31)24(26,27)28)22(29-19)18-12-11-17(32-4)13-20(18)33-14(2)3/h7-14,19,21H,5-6H2,1-4H3. The van der Waals surface area contributed by atoms with Gasteiger partial charge in [-0.2, -0.15) is 18.2 Å². The van der Waals surface area contributed by atoms with E-state index < -0.39 is 24.2 Å². The van der Waals surface area contributed by atoms with Gasteiger partial charge in [-0.3, -0.25) is 4.99 Å². The lowest BCUT2D eigenvalue weighted by Gasteiger charge is -2.29. The van der Waals surface area contributed by atoms with Gasteiger partial charge in [0.25, 0.3) is 0 Å². The van der Waals surface area contributed by atoms with Crippen LogP contribution in [0.25, 0.3) is 0 Å². The predicted molar refractivity (Wildman–Crippen MR) is 122 cm³/mol. The van der Waals surface area contributed by atoms with Gasteiger partial charge in [-0.1, -0.05) is 37.1 Å². The maximum absolute atomic E-state index is 13.2. The van der Waals surface area contributed by atoms with Crippen LogP contribution in [-0.2, 0) is 9.63 Å². The number of halogens is 4. The van der Waals surface area contributed by atoms with Crippen molar-refractivity contribution >= 4 is 23.4 Å². The molecule has 2 aromatic carbocycles. The van der Waals surface area contributed by atoms with Crippen molar-refractivity contribution in [3.63, 3.8) is 0 Å². The van der Waals surface area contributed by atoms with Crippen molar-refractivity contribution in [1.82, 2.24) is 5.06 Å². The fourth-order valence-corrected chi connectivity index (χ4v) is 3.83. The number of hydrogen-bond donors (Lipinski definition) is 0. The number of carbonyl (C=O) groups is 1. The van der Waals surface area contributed by atoms with Crippen molar-refractivity contribution in [2.24, 2.45) is 4.99 Å². The molecule has 0 aliphatic carbocycles. The molecular formula is C24H26ClF3N2O4. The Hall–Kier alpha value is -2.94. The minimum Gasteiger partial charge on any atom is -0.497 e. The highest BCUT2D eigenvalue weighted by atomic mass is 35.5. The van der Waals surface area contributed by atoms with E-state index in [0.29, 0.717) is 40.5 Å². The summed E-state index contributed by atoms with van der Waals surface area (Å²) < 4.78 is 50.8. The summed E-state index contributed by atoms with van der Waals surface area (Å²) in [6.07, 6.45) is -4.16. The third kappa shape index (κ3) is 5.75. The number of carbonyl (C=O) groups excluding carboxylic acids is 1. The maximum atomic E-state index is 13.2. The molecule has 0 aromatic heterocycles. The van der Waals surface area contributed by atoms with E-state index in [9.17, 15) is 18.0 Å². The Morgan fingerprint density at radius 1 is 1.18 bits per heavy atom. The molecule has 1 heterocycles. The zero-order valence-electron chi connectivity index (χ0n) is 19.2. The minimum atomic E-state index is -5.18. The number of ether oxygens (including phenoxy) is 2. The van der Waals surface area contributed by atoms with Gasteiger partial charge in [0.15, 0.2) is 5.84 Å². The fraction of sp³-hybridized carbons (Fsp3) is 0.417. The van der Waals surface area contributed by atoms with E-state index in [1.54, 1.807) is 42.5 Å². The van der Waals surface area contributed by atoms with E-state index in [4.69, 9.17) is 30.9 Å². The molecule has 10 heteroatoms. The molecule has 3 rings (SSSR count). The molecule has 6 nitrogen and oxygen atoms in total. The molecule has 0 fully saturated rings. The fourth-order valence-electron chi connectivity index (χ4n) is 3.70. The van der Waals surface area contributed by atoms with Crippen LogP contribution in [0.4, 0.5) is 13.2 Å². The summed E-state index contributed by atoms with van der Waals surface area (Å²) >= 11 is 6.01. The Bertz CT molecular complexity index is 1040. The topological polar surface area (TPSA) is 60.4 Å². The molecule has 0 saturated heterocycles. The minimum absolute atomic E-state index is 0.0642. The van der Waals surface area contributed by atoms with Gasteiger partial charge in [-0.05, 0) is 50.1 Å². The molecule has 1 aliphatic heterocycles. The first-order chi connectivity index (χ1) is 16.0. The summed E-state index contributed by atoms with van der Waals surface area (Å²) in [5, 5.41) is 1.41. The van der Waals surface area contributed by atoms with Crippen LogP contribution in [-0.4, -0.2) is 42.3 Å². The molecule has 34 heavy (non-hydrogen) atoms. The highest BCUT2D eigenvalue weighted by Gasteiger charge is 2.47. The van der Waals surface area contributed by atoms with E-state index in [-0.39, 0.29) is 11.9 Å². The number of benzene rings is 2. The number of alkyl halides is 3. The summed E-state index contributed by atoms with van der Waals surface area (Å²) in [6, 6.07) is 10.2. The molecule has 2 unspecified atom stereocenters. The zero-order chi connectivity index (χ0) is 25.0. The van der Waals surface area contributed by atoms with Crippen LogP contribution in [0.3, 0.4) is 0 Å². The van der Waals surface area contributed by atoms with Crippen LogP contribution in [0.2, 0.25) is 5.02 Å². The first-order valence-corrected chi connectivity index (χ1v) is 11.2. The van der Waals surface area contributed by atoms with Crippen molar-refractivity contribution in [2.75, 3.05) is 7.11 Å². The van der Waals surface area contributed by atoms with Crippen LogP contribution in [0.1, 0.15) is 50.8 Å². The Kier molecular flexibility index (Phi) is 7.97. The van der Waals surface area contributed by atoms with Gasteiger partial charge < -0.3 is 14.3 Å². The average Bonchev–Trinajstić information content (AvgIpc) is 3.11. The highest BCUT2D eigenvalue weighted by molar-refractivity contribution is 6.30. The van der Waals surface area contributed by atoms with Crippen LogP contribution >= 0.6 is 11.6 Å². The molecule has 2 atom stereocenters. The van der Waals surface area contributed by atoms with Crippen LogP contribution < -0.4 is 9.47 Å². The lowest BCUT2D eigenvalue weighted by molar-refractivity contribution is -0.230. The molecular weight excluding hydrogens is 473 g/mol. The number of hydrogen-bond acceptors (Lipinski definition) is 6. The second-order valence-corrected chi connectivity index (χ2v) is 8.47.